The van der Waals surface area contributed by atoms with E-state index in [4.69, 9.17) is 16.3 Å². The van der Waals surface area contributed by atoms with Gasteiger partial charge in [-0.25, -0.2) is 0 Å². The van der Waals surface area contributed by atoms with Gasteiger partial charge in [-0.2, -0.15) is 0 Å². The molecule has 0 saturated carbocycles. The molecule has 0 saturated heterocycles. The van der Waals surface area contributed by atoms with Gasteiger partial charge in [-0.3, -0.25) is 0 Å². The van der Waals surface area contributed by atoms with E-state index in [0.29, 0.717) is 11.6 Å². The number of halogens is 1. The van der Waals surface area contributed by atoms with Gasteiger partial charge in [0.15, 0.2) is 0 Å². The van der Waals surface area contributed by atoms with E-state index >= 15 is 0 Å². The first-order chi connectivity index (χ1) is 9.13. The Bertz CT molecular complexity index is 483. The van der Waals surface area contributed by atoms with E-state index in [1.807, 2.05) is 39.0 Å². The molecule has 2 aromatic rings. The predicted molar refractivity (Wildman–Crippen MR) is 83.0 cm³/mol. The van der Waals surface area contributed by atoms with Gasteiger partial charge in [0, 0.05) is 5.02 Å². The Morgan fingerprint density at radius 3 is 2.11 bits per heavy atom. The molecule has 0 aliphatic heterocycles. The second-order valence-electron chi connectivity index (χ2n) is 4.24. The molecule has 0 amide bonds. The molecule has 0 aromatic heterocycles. The summed E-state index contributed by atoms with van der Waals surface area (Å²) in [6.07, 6.45) is 0. The van der Waals surface area contributed by atoms with Crippen molar-refractivity contribution < 1.29 is 4.74 Å². The van der Waals surface area contributed by atoms with E-state index in [-0.39, 0.29) is 0 Å². The third-order valence-electron chi connectivity index (χ3n) is 2.54. The monoisotopic (exact) mass is 276 g/mol. The molecule has 0 fully saturated rings. The lowest BCUT2D eigenvalue weighted by molar-refractivity contribution is 0.306. The second kappa shape index (κ2) is 7.85. The smallest absolute Gasteiger partial charge is 0.121 e. The SMILES string of the molecule is CC.Cc1ccc(COc2cc(C)cc(Cl)c2)cc1. The van der Waals surface area contributed by atoms with Crippen LogP contribution >= 0.6 is 11.6 Å². The Hall–Kier alpha value is -1.47. The quantitative estimate of drug-likeness (QED) is 0.713. The molecule has 0 N–H and O–H groups in total. The molecule has 0 atom stereocenters. The summed E-state index contributed by atoms with van der Waals surface area (Å²) in [7, 11) is 0. The van der Waals surface area contributed by atoms with E-state index in [9.17, 15) is 0 Å². The second-order valence-corrected chi connectivity index (χ2v) is 4.67. The van der Waals surface area contributed by atoms with E-state index in [2.05, 4.69) is 31.2 Å². The minimum atomic E-state index is 0.570. The molecular weight excluding hydrogens is 256 g/mol. The van der Waals surface area contributed by atoms with Gasteiger partial charge in [0.1, 0.15) is 12.4 Å². The lowest BCUT2D eigenvalue weighted by Crippen LogP contribution is -1.95. The van der Waals surface area contributed by atoms with Crippen molar-refractivity contribution in [1.29, 1.82) is 0 Å². The van der Waals surface area contributed by atoms with Crippen LogP contribution in [0.2, 0.25) is 5.02 Å². The lowest BCUT2D eigenvalue weighted by atomic mass is 10.2. The molecule has 102 valence electrons. The van der Waals surface area contributed by atoms with Crippen LogP contribution in [0.5, 0.6) is 5.75 Å². The van der Waals surface area contributed by atoms with Crippen molar-refractivity contribution in [1.82, 2.24) is 0 Å². The fraction of sp³-hybridized carbons (Fsp3) is 0.294. The molecule has 0 aliphatic rings. The summed E-state index contributed by atoms with van der Waals surface area (Å²) in [6, 6.07) is 14.1. The van der Waals surface area contributed by atoms with Crippen molar-refractivity contribution in [2.45, 2.75) is 34.3 Å². The zero-order valence-electron chi connectivity index (χ0n) is 12.0. The number of rotatable bonds is 3. The van der Waals surface area contributed by atoms with Gasteiger partial charge in [0.2, 0.25) is 0 Å². The molecule has 0 heterocycles. The van der Waals surface area contributed by atoms with Gasteiger partial charge in [0.05, 0.1) is 0 Å². The highest BCUT2D eigenvalue weighted by atomic mass is 35.5. The fourth-order valence-corrected chi connectivity index (χ4v) is 1.92. The molecule has 1 nitrogen and oxygen atoms in total. The topological polar surface area (TPSA) is 9.23 Å². The maximum atomic E-state index is 5.97. The fourth-order valence-electron chi connectivity index (χ4n) is 1.64. The third kappa shape index (κ3) is 5.35. The highest BCUT2D eigenvalue weighted by Crippen LogP contribution is 2.21. The molecule has 19 heavy (non-hydrogen) atoms. The summed E-state index contributed by atoms with van der Waals surface area (Å²) in [5, 5.41) is 0.712. The standard InChI is InChI=1S/C15H15ClO.C2H6/c1-11-3-5-13(6-4-11)10-17-15-8-12(2)7-14(16)9-15;1-2/h3-9H,10H2,1-2H3;1-2H3. The van der Waals surface area contributed by atoms with Gasteiger partial charge in [-0.1, -0.05) is 55.3 Å². The minimum Gasteiger partial charge on any atom is -0.489 e. The first-order valence-electron chi connectivity index (χ1n) is 6.59. The number of ether oxygens (including phenoxy) is 1. The lowest BCUT2D eigenvalue weighted by Gasteiger charge is -2.08. The van der Waals surface area contributed by atoms with Gasteiger partial charge in [-0.15, -0.1) is 0 Å². The summed E-state index contributed by atoms with van der Waals surface area (Å²) < 4.78 is 5.71. The van der Waals surface area contributed by atoms with Crippen molar-refractivity contribution in [3.05, 3.63) is 64.2 Å². The van der Waals surface area contributed by atoms with Crippen molar-refractivity contribution in [2.24, 2.45) is 0 Å². The zero-order valence-corrected chi connectivity index (χ0v) is 12.8. The largest absolute Gasteiger partial charge is 0.489 e. The number of benzene rings is 2. The van der Waals surface area contributed by atoms with Gasteiger partial charge in [0.25, 0.3) is 0 Å². The van der Waals surface area contributed by atoms with Crippen LogP contribution in [0.4, 0.5) is 0 Å². The molecule has 2 heteroatoms. The van der Waals surface area contributed by atoms with Crippen LogP contribution in [0.3, 0.4) is 0 Å². The summed E-state index contributed by atoms with van der Waals surface area (Å²) in [6.45, 7) is 8.65. The zero-order chi connectivity index (χ0) is 14.3. The first kappa shape index (κ1) is 15.6. The Morgan fingerprint density at radius 1 is 0.895 bits per heavy atom. The van der Waals surface area contributed by atoms with Crippen molar-refractivity contribution in [2.75, 3.05) is 0 Å². The highest BCUT2D eigenvalue weighted by molar-refractivity contribution is 6.30. The van der Waals surface area contributed by atoms with Crippen molar-refractivity contribution >= 4 is 11.6 Å². The number of hydrogen-bond acceptors (Lipinski definition) is 1. The maximum absolute atomic E-state index is 5.97. The van der Waals surface area contributed by atoms with Crippen LogP contribution in [-0.2, 0) is 6.61 Å². The van der Waals surface area contributed by atoms with Gasteiger partial charge >= 0.3 is 0 Å². The van der Waals surface area contributed by atoms with Crippen LogP contribution in [0.1, 0.15) is 30.5 Å². The first-order valence-corrected chi connectivity index (χ1v) is 6.97. The van der Waals surface area contributed by atoms with Crippen molar-refractivity contribution in [3.8, 4) is 5.75 Å². The molecule has 0 radical (unpaired) electrons. The number of aryl methyl sites for hydroxylation is 2. The molecule has 2 aromatic carbocycles. The summed E-state index contributed by atoms with van der Waals surface area (Å²) >= 11 is 5.97. The van der Waals surface area contributed by atoms with E-state index < -0.39 is 0 Å². The molecular formula is C17H21ClO. The van der Waals surface area contributed by atoms with E-state index in [0.717, 1.165) is 16.9 Å². The molecule has 0 aliphatic carbocycles. The molecule has 2 rings (SSSR count). The molecule has 0 spiro atoms. The number of hydrogen-bond donors (Lipinski definition) is 0. The summed E-state index contributed by atoms with van der Waals surface area (Å²) in [5.74, 6) is 0.815. The van der Waals surface area contributed by atoms with E-state index in [1.54, 1.807) is 0 Å². The minimum absolute atomic E-state index is 0.570. The Balaban J connectivity index is 0.000000861. The third-order valence-corrected chi connectivity index (χ3v) is 2.76. The Morgan fingerprint density at radius 2 is 1.53 bits per heavy atom. The Kier molecular flexibility index (Phi) is 6.44. The Labute approximate surface area is 121 Å². The van der Waals surface area contributed by atoms with Crippen LogP contribution in [0.25, 0.3) is 0 Å². The highest BCUT2D eigenvalue weighted by Gasteiger charge is 1.99. The van der Waals surface area contributed by atoms with Crippen molar-refractivity contribution in [3.63, 3.8) is 0 Å². The van der Waals surface area contributed by atoms with Crippen LogP contribution < -0.4 is 4.74 Å². The normalized spacial score (nSPS) is 9.53. The van der Waals surface area contributed by atoms with Gasteiger partial charge < -0.3 is 4.74 Å². The summed E-state index contributed by atoms with van der Waals surface area (Å²) in [5.41, 5.74) is 3.52. The van der Waals surface area contributed by atoms with E-state index in [1.165, 1.54) is 5.56 Å². The molecule has 0 unspecified atom stereocenters. The van der Waals surface area contributed by atoms with Gasteiger partial charge in [-0.05, 0) is 43.2 Å². The summed E-state index contributed by atoms with van der Waals surface area (Å²) in [4.78, 5) is 0. The predicted octanol–water partition coefficient (Wildman–Crippen LogP) is 5.56. The average Bonchev–Trinajstić information content (AvgIpc) is 2.39. The van der Waals surface area contributed by atoms with Crippen LogP contribution in [-0.4, -0.2) is 0 Å². The van der Waals surface area contributed by atoms with Crippen LogP contribution in [0.15, 0.2) is 42.5 Å². The van der Waals surface area contributed by atoms with Crippen LogP contribution in [0, 0.1) is 13.8 Å². The maximum Gasteiger partial charge on any atom is 0.121 e. The average molecular weight is 277 g/mol. The molecule has 0 bridgehead atoms.